The fourth-order valence-corrected chi connectivity index (χ4v) is 3.22. The third kappa shape index (κ3) is 16.6. The molecule has 3 rings (SSSR count). The maximum atomic E-state index is 11.3. The van der Waals surface area contributed by atoms with Crippen molar-refractivity contribution in [2.24, 2.45) is 0 Å². The first-order valence-corrected chi connectivity index (χ1v) is 12.3. The molecular formula is C25H44N12O3Zn2. The number of nitrogens with zero attached hydrogens (tertiary/aromatic N) is 5. The molecule has 15 nitrogen and oxygen atoms in total. The standard InChI is InChI=1S/3C8H14N4O.CH4.2Zn/c3*1-9-6(8(13)10-2)5-7-11-3-4-12-7;;;/h3-4,6,9H,5H2,1-2H3,(H,10,13)(H,11,12);2*3-4,6,9H,5H2,1-2H3,(H2,10,11,12,13);1H4;;/q;;;;;+2/p-2/t3*6-;;;/m000.../s1. The van der Waals surface area contributed by atoms with Crippen molar-refractivity contribution in [3.8, 4) is 0 Å². The average molecular weight is 691 g/mol. The Kier molecular flexibility index (Phi) is 26.8. The van der Waals surface area contributed by atoms with Crippen LogP contribution in [0.3, 0.4) is 0 Å². The summed E-state index contributed by atoms with van der Waals surface area (Å²) in [4.78, 5) is 56.7. The number of amides is 3. The summed E-state index contributed by atoms with van der Waals surface area (Å²) in [5.41, 5.74) is 0. The van der Waals surface area contributed by atoms with Gasteiger partial charge in [0.2, 0.25) is 17.7 Å². The first kappa shape index (κ1) is 43.6. The van der Waals surface area contributed by atoms with Crippen molar-refractivity contribution in [2.75, 3.05) is 42.3 Å². The zero-order valence-electron chi connectivity index (χ0n) is 24.7. The molecule has 0 fully saturated rings. The van der Waals surface area contributed by atoms with Crippen LogP contribution in [0.25, 0.3) is 0 Å². The first-order chi connectivity index (χ1) is 18.8. The van der Waals surface area contributed by atoms with E-state index >= 15 is 0 Å². The summed E-state index contributed by atoms with van der Waals surface area (Å²) >= 11 is 0. The predicted molar refractivity (Wildman–Crippen MR) is 152 cm³/mol. The largest absolute Gasteiger partial charge is 2.00 e. The third-order valence-electron chi connectivity index (χ3n) is 5.49. The van der Waals surface area contributed by atoms with Crippen molar-refractivity contribution in [3.05, 3.63) is 54.7 Å². The summed E-state index contributed by atoms with van der Waals surface area (Å²) in [7, 11) is 10.1. The van der Waals surface area contributed by atoms with Crippen LogP contribution in [0.2, 0.25) is 0 Å². The van der Waals surface area contributed by atoms with Gasteiger partial charge in [-0.2, -0.15) is 0 Å². The first-order valence-electron chi connectivity index (χ1n) is 12.3. The number of carbonyl (C=O) groups is 3. The van der Waals surface area contributed by atoms with E-state index in [0.717, 1.165) is 5.82 Å². The van der Waals surface area contributed by atoms with Gasteiger partial charge in [-0.15, -0.1) is 0 Å². The second kappa shape index (κ2) is 25.8. The molecule has 7 N–H and O–H groups in total. The quantitative estimate of drug-likeness (QED) is 0.101. The predicted octanol–water partition coefficient (Wildman–Crippen LogP) is -2.25. The van der Waals surface area contributed by atoms with Crippen LogP contribution in [-0.4, -0.2) is 98.1 Å². The molecule has 17 heteroatoms. The van der Waals surface area contributed by atoms with E-state index in [1.165, 1.54) is 0 Å². The van der Waals surface area contributed by atoms with E-state index in [-0.39, 0.29) is 82.2 Å². The van der Waals surface area contributed by atoms with Gasteiger partial charge in [-0.1, -0.05) is 43.9 Å². The SMILES string of the molecule is C.CNC(=O)[C@H](Cc1ncc[n-]1)NC.CNC(=O)[C@H](Cc1ncc[n-]1)NC.CNC(=O)[C@H](Cc1ncc[nH]1)NC.[Zn+2].[Zn]. The fourth-order valence-electron chi connectivity index (χ4n) is 3.22. The second-order valence-electron chi connectivity index (χ2n) is 7.96. The summed E-state index contributed by atoms with van der Waals surface area (Å²) in [6.45, 7) is 0. The Balaban J connectivity index is -0.000000524. The summed E-state index contributed by atoms with van der Waals surface area (Å²) in [5, 5.41) is 16.4. The van der Waals surface area contributed by atoms with Crippen molar-refractivity contribution < 1.29 is 53.3 Å². The number of H-pyrrole nitrogens is 1. The topological polar surface area (TPSA) is 206 Å². The minimum atomic E-state index is -0.257. The van der Waals surface area contributed by atoms with Gasteiger partial charge in [-0.25, -0.2) is 4.98 Å². The van der Waals surface area contributed by atoms with Crippen LogP contribution in [0.5, 0.6) is 0 Å². The normalized spacial score (nSPS) is 11.6. The second-order valence-corrected chi connectivity index (χ2v) is 7.96. The molecule has 0 saturated heterocycles. The van der Waals surface area contributed by atoms with Crippen molar-refractivity contribution in [1.82, 2.24) is 61.8 Å². The zero-order chi connectivity index (χ0) is 29.0. The maximum absolute atomic E-state index is 11.3. The van der Waals surface area contributed by atoms with Crippen molar-refractivity contribution in [2.45, 2.75) is 44.8 Å². The molecule has 0 aliphatic heterocycles. The molecule has 0 aliphatic carbocycles. The number of hydrogen-bond acceptors (Lipinski definition) is 9. The van der Waals surface area contributed by atoms with E-state index in [1.54, 1.807) is 79.5 Å². The minimum absolute atomic E-state index is 0. The number of carbonyl (C=O) groups excluding carboxylic acids is 3. The molecule has 0 radical (unpaired) electrons. The molecule has 3 aromatic rings. The molecule has 3 atom stereocenters. The number of nitrogens with one attached hydrogen (secondary N) is 7. The molecule has 3 heterocycles. The van der Waals surface area contributed by atoms with Gasteiger partial charge in [0.25, 0.3) is 0 Å². The number of aromatic amines is 1. The Morgan fingerprint density at radius 2 is 1.07 bits per heavy atom. The summed E-state index contributed by atoms with van der Waals surface area (Å²) in [5.74, 6) is 2.05. The van der Waals surface area contributed by atoms with Crippen LogP contribution < -0.4 is 41.9 Å². The van der Waals surface area contributed by atoms with Crippen molar-refractivity contribution >= 4 is 17.7 Å². The number of aromatic nitrogens is 6. The Morgan fingerprint density at radius 1 is 0.690 bits per heavy atom. The molecule has 3 aromatic heterocycles. The van der Waals surface area contributed by atoms with Gasteiger partial charge in [-0.3, -0.25) is 14.4 Å². The van der Waals surface area contributed by atoms with Crippen molar-refractivity contribution in [3.63, 3.8) is 0 Å². The van der Waals surface area contributed by atoms with Crippen LogP contribution in [0.15, 0.2) is 37.2 Å². The van der Waals surface area contributed by atoms with E-state index < -0.39 is 0 Å². The maximum Gasteiger partial charge on any atom is 2.00 e. The van der Waals surface area contributed by atoms with Gasteiger partial charge in [0.1, 0.15) is 5.82 Å². The van der Waals surface area contributed by atoms with Crippen LogP contribution in [-0.2, 0) is 72.6 Å². The molecule has 3 amide bonds. The average Bonchev–Trinajstić information content (AvgIpc) is 3.77. The number of hydrogen-bond donors (Lipinski definition) is 7. The smallest absolute Gasteiger partial charge is 0.446 e. The fraction of sp³-hybridized carbons (Fsp3) is 0.520. The van der Waals surface area contributed by atoms with Gasteiger partial charge < -0.3 is 56.8 Å². The van der Waals surface area contributed by atoms with Gasteiger partial charge >= 0.3 is 19.5 Å². The molecule has 0 aromatic carbocycles. The molecule has 0 bridgehead atoms. The Hall–Kier alpha value is -2.83. The number of imidazole rings is 3. The Bertz CT molecular complexity index is 917. The van der Waals surface area contributed by atoms with Gasteiger partial charge in [-0.05, 0) is 34.0 Å². The van der Waals surface area contributed by atoms with E-state index in [9.17, 15) is 14.4 Å². The minimum Gasteiger partial charge on any atom is -0.446 e. The number of rotatable bonds is 12. The number of likely N-dealkylation sites (N-methyl/N-ethyl adjacent to an activating group) is 6. The summed E-state index contributed by atoms with van der Waals surface area (Å²) in [6.07, 6.45) is 11.5. The monoisotopic (exact) mass is 688 g/mol. The van der Waals surface area contributed by atoms with Gasteiger partial charge in [0, 0.05) is 59.4 Å². The molecule has 226 valence electrons. The van der Waals surface area contributed by atoms with E-state index in [2.05, 4.69) is 61.8 Å². The van der Waals surface area contributed by atoms with Crippen LogP contribution in [0, 0.1) is 0 Å². The Labute approximate surface area is 273 Å². The van der Waals surface area contributed by atoms with Crippen LogP contribution >= 0.6 is 0 Å². The van der Waals surface area contributed by atoms with Gasteiger partial charge in [0.05, 0.1) is 18.1 Å². The molecule has 42 heavy (non-hydrogen) atoms. The molecule has 0 unspecified atom stereocenters. The van der Waals surface area contributed by atoms with E-state index in [0.29, 0.717) is 30.9 Å². The molecular weight excluding hydrogens is 647 g/mol. The molecule has 0 aliphatic rings. The van der Waals surface area contributed by atoms with Crippen LogP contribution in [0.1, 0.15) is 24.9 Å². The van der Waals surface area contributed by atoms with E-state index in [4.69, 9.17) is 0 Å². The summed E-state index contributed by atoms with van der Waals surface area (Å²) < 4.78 is 0. The van der Waals surface area contributed by atoms with E-state index in [1.807, 2.05) is 0 Å². The van der Waals surface area contributed by atoms with Gasteiger partial charge in [0.15, 0.2) is 0 Å². The summed E-state index contributed by atoms with van der Waals surface area (Å²) in [6, 6.07) is -0.740. The Morgan fingerprint density at radius 3 is 1.33 bits per heavy atom. The third-order valence-corrected chi connectivity index (χ3v) is 5.49. The van der Waals surface area contributed by atoms with Crippen LogP contribution in [0.4, 0.5) is 0 Å². The zero-order valence-corrected chi connectivity index (χ0v) is 30.6. The van der Waals surface area contributed by atoms with Crippen molar-refractivity contribution in [1.29, 1.82) is 0 Å². The molecule has 0 spiro atoms. The molecule has 0 saturated carbocycles.